The highest BCUT2D eigenvalue weighted by Crippen LogP contribution is 2.19. The molecule has 1 heterocycles. The maximum Gasteiger partial charge on any atom is 0.294 e. The highest BCUT2D eigenvalue weighted by atomic mass is 32.2. The van der Waals surface area contributed by atoms with Crippen LogP contribution in [0.15, 0.2) is 41.3 Å². The number of nitrogens with zero attached hydrogens (tertiary/aromatic N) is 1. The molecule has 90 valence electrons. The van der Waals surface area contributed by atoms with Gasteiger partial charge in [0.25, 0.3) is 16.0 Å². The Labute approximate surface area is 97.8 Å². The monoisotopic (exact) mass is 255 g/mol. The second-order valence-electron chi connectivity index (χ2n) is 3.30. The molecule has 0 saturated carbocycles. The largest absolute Gasteiger partial charge is 0.294 e. The predicted molar refractivity (Wildman–Crippen MR) is 58.8 cm³/mol. The standard InChI is InChI=1S/C10H9NO5S/c12-10-2-1-7-16-11(10)8-3-5-9(6-4-8)17(13,14)15/h1-6H,7H2,(H,13,14,15). The molecule has 17 heavy (non-hydrogen) atoms. The van der Waals surface area contributed by atoms with Gasteiger partial charge in [-0.2, -0.15) is 13.5 Å². The van der Waals surface area contributed by atoms with Crippen molar-refractivity contribution in [1.29, 1.82) is 0 Å². The van der Waals surface area contributed by atoms with E-state index in [0.717, 1.165) is 5.06 Å². The SMILES string of the molecule is O=C1C=CCON1c1ccc(S(=O)(=O)O)cc1. The molecule has 1 aliphatic heterocycles. The van der Waals surface area contributed by atoms with E-state index in [9.17, 15) is 13.2 Å². The van der Waals surface area contributed by atoms with Crippen molar-refractivity contribution in [2.45, 2.75) is 4.90 Å². The van der Waals surface area contributed by atoms with Crippen LogP contribution in [-0.4, -0.2) is 25.5 Å². The van der Waals surface area contributed by atoms with Gasteiger partial charge in [0.2, 0.25) is 0 Å². The Bertz CT molecular complexity index is 561. The Hall–Kier alpha value is -1.70. The number of hydroxylamine groups is 1. The van der Waals surface area contributed by atoms with Crippen molar-refractivity contribution >= 4 is 21.7 Å². The van der Waals surface area contributed by atoms with Crippen LogP contribution in [0.5, 0.6) is 0 Å². The Morgan fingerprint density at radius 3 is 2.41 bits per heavy atom. The summed E-state index contributed by atoms with van der Waals surface area (Å²) in [7, 11) is -4.22. The van der Waals surface area contributed by atoms with Gasteiger partial charge in [0.05, 0.1) is 17.2 Å². The van der Waals surface area contributed by atoms with Crippen LogP contribution < -0.4 is 5.06 Å². The summed E-state index contributed by atoms with van der Waals surface area (Å²) in [5.41, 5.74) is 0.395. The van der Waals surface area contributed by atoms with E-state index in [-0.39, 0.29) is 17.4 Å². The summed E-state index contributed by atoms with van der Waals surface area (Å²) < 4.78 is 30.4. The van der Waals surface area contributed by atoms with E-state index < -0.39 is 10.1 Å². The number of hydrogen-bond acceptors (Lipinski definition) is 4. The van der Waals surface area contributed by atoms with Crippen molar-refractivity contribution in [3.63, 3.8) is 0 Å². The highest BCUT2D eigenvalue weighted by molar-refractivity contribution is 7.85. The van der Waals surface area contributed by atoms with Gasteiger partial charge in [-0.25, -0.2) is 0 Å². The van der Waals surface area contributed by atoms with Crippen LogP contribution >= 0.6 is 0 Å². The Morgan fingerprint density at radius 1 is 1.24 bits per heavy atom. The molecule has 0 bridgehead atoms. The van der Waals surface area contributed by atoms with Gasteiger partial charge < -0.3 is 0 Å². The molecule has 1 N–H and O–H groups in total. The zero-order chi connectivity index (χ0) is 12.5. The third kappa shape index (κ3) is 2.52. The molecule has 0 saturated heterocycles. The van der Waals surface area contributed by atoms with E-state index in [1.807, 2.05) is 0 Å². The topological polar surface area (TPSA) is 83.9 Å². The quantitative estimate of drug-likeness (QED) is 0.789. The number of carbonyl (C=O) groups is 1. The van der Waals surface area contributed by atoms with Crippen molar-refractivity contribution in [2.24, 2.45) is 0 Å². The lowest BCUT2D eigenvalue weighted by molar-refractivity contribution is -0.121. The van der Waals surface area contributed by atoms with E-state index in [0.29, 0.717) is 5.69 Å². The summed E-state index contributed by atoms with van der Waals surface area (Å²) in [6.45, 7) is 0.270. The van der Waals surface area contributed by atoms with Crippen molar-refractivity contribution in [2.75, 3.05) is 11.7 Å². The highest BCUT2D eigenvalue weighted by Gasteiger charge is 2.18. The molecule has 1 amide bonds. The van der Waals surface area contributed by atoms with Crippen molar-refractivity contribution in [3.05, 3.63) is 36.4 Å². The maximum atomic E-state index is 11.4. The molecule has 1 aromatic rings. The average Bonchev–Trinajstić information content (AvgIpc) is 2.29. The van der Waals surface area contributed by atoms with Gasteiger partial charge in [-0.15, -0.1) is 0 Å². The molecule has 1 aliphatic rings. The van der Waals surface area contributed by atoms with Gasteiger partial charge in [0, 0.05) is 6.08 Å². The summed E-state index contributed by atoms with van der Waals surface area (Å²) in [6.07, 6.45) is 2.94. The first-order valence-electron chi connectivity index (χ1n) is 4.69. The van der Waals surface area contributed by atoms with Gasteiger partial charge in [0.1, 0.15) is 0 Å². The molecule has 2 rings (SSSR count). The zero-order valence-electron chi connectivity index (χ0n) is 8.61. The molecule has 0 fully saturated rings. The second kappa shape index (κ2) is 4.28. The van der Waals surface area contributed by atoms with Gasteiger partial charge >= 0.3 is 0 Å². The van der Waals surface area contributed by atoms with Gasteiger partial charge in [0.15, 0.2) is 0 Å². The number of rotatable bonds is 2. The number of carbonyl (C=O) groups excluding carboxylic acids is 1. The predicted octanol–water partition coefficient (Wildman–Crippen LogP) is 0.768. The summed E-state index contributed by atoms with van der Waals surface area (Å²) in [5.74, 6) is -0.351. The van der Waals surface area contributed by atoms with Crippen molar-refractivity contribution in [1.82, 2.24) is 0 Å². The zero-order valence-corrected chi connectivity index (χ0v) is 9.42. The van der Waals surface area contributed by atoms with Crippen LogP contribution in [0.2, 0.25) is 0 Å². The van der Waals surface area contributed by atoms with Crippen LogP contribution in [0.3, 0.4) is 0 Å². The minimum Gasteiger partial charge on any atom is -0.282 e. The summed E-state index contributed by atoms with van der Waals surface area (Å²) in [4.78, 5) is 16.3. The van der Waals surface area contributed by atoms with E-state index in [4.69, 9.17) is 9.39 Å². The second-order valence-corrected chi connectivity index (χ2v) is 4.72. The van der Waals surface area contributed by atoms with E-state index in [1.54, 1.807) is 6.08 Å². The number of hydrogen-bond donors (Lipinski definition) is 1. The van der Waals surface area contributed by atoms with Gasteiger partial charge in [-0.05, 0) is 24.3 Å². The molecule has 0 unspecified atom stereocenters. The molecule has 1 aromatic carbocycles. The fraction of sp³-hybridized carbons (Fsp3) is 0.100. The van der Waals surface area contributed by atoms with Crippen LogP contribution in [0.4, 0.5) is 5.69 Å². The molecule has 0 aromatic heterocycles. The van der Waals surface area contributed by atoms with Gasteiger partial charge in [-0.1, -0.05) is 6.08 Å². The van der Waals surface area contributed by atoms with Crippen LogP contribution in [0.25, 0.3) is 0 Å². The maximum absolute atomic E-state index is 11.4. The molecule has 0 atom stereocenters. The normalized spacial score (nSPS) is 16.3. The Kier molecular flexibility index (Phi) is 2.97. The van der Waals surface area contributed by atoms with Crippen LogP contribution in [-0.2, 0) is 19.8 Å². The van der Waals surface area contributed by atoms with Crippen LogP contribution in [0.1, 0.15) is 0 Å². The van der Waals surface area contributed by atoms with Crippen LogP contribution in [0, 0.1) is 0 Å². The lowest BCUT2D eigenvalue weighted by atomic mass is 10.3. The van der Waals surface area contributed by atoms with E-state index >= 15 is 0 Å². The van der Waals surface area contributed by atoms with E-state index in [2.05, 4.69) is 0 Å². The molecule has 0 spiro atoms. The lowest BCUT2D eigenvalue weighted by Crippen LogP contribution is -2.32. The molecule has 0 aliphatic carbocycles. The number of benzene rings is 1. The smallest absolute Gasteiger partial charge is 0.282 e. The minimum absolute atomic E-state index is 0.235. The number of amides is 1. The molecule has 0 radical (unpaired) electrons. The molecular weight excluding hydrogens is 246 g/mol. The van der Waals surface area contributed by atoms with E-state index in [1.165, 1.54) is 30.3 Å². The first-order valence-corrected chi connectivity index (χ1v) is 6.13. The first-order chi connectivity index (χ1) is 7.98. The first kappa shape index (κ1) is 11.8. The molecular formula is C10H9NO5S. The van der Waals surface area contributed by atoms with Gasteiger partial charge in [-0.3, -0.25) is 14.2 Å². The molecule has 7 heteroatoms. The Balaban J connectivity index is 2.30. The minimum atomic E-state index is -4.22. The lowest BCUT2D eigenvalue weighted by Gasteiger charge is -2.22. The summed E-state index contributed by atoms with van der Waals surface area (Å²) in [5, 5.41) is 1.05. The number of anilines is 1. The third-order valence-electron chi connectivity index (χ3n) is 2.13. The molecule has 6 nitrogen and oxygen atoms in total. The Morgan fingerprint density at radius 2 is 1.88 bits per heavy atom. The fourth-order valence-electron chi connectivity index (χ4n) is 1.35. The van der Waals surface area contributed by atoms with Crippen molar-refractivity contribution in [3.8, 4) is 0 Å². The fourth-order valence-corrected chi connectivity index (χ4v) is 1.83. The third-order valence-corrected chi connectivity index (χ3v) is 3.00. The average molecular weight is 255 g/mol. The summed E-state index contributed by atoms with van der Waals surface area (Å²) >= 11 is 0. The van der Waals surface area contributed by atoms with Crippen molar-refractivity contribution < 1.29 is 22.6 Å². The summed E-state index contributed by atoms with van der Waals surface area (Å²) in [6, 6.07) is 5.14.